The Morgan fingerprint density at radius 2 is 2.19 bits per heavy atom. The third-order valence-corrected chi connectivity index (χ3v) is 3.51. The van der Waals surface area contributed by atoms with Crippen molar-refractivity contribution in [3.63, 3.8) is 0 Å². The van der Waals surface area contributed by atoms with E-state index in [1.165, 1.54) is 11.8 Å². The Bertz CT molecular complexity index is 742. The zero-order valence-corrected chi connectivity index (χ0v) is 11.7. The average molecular weight is 294 g/mol. The maximum absolute atomic E-state index is 9.12. The van der Waals surface area contributed by atoms with E-state index in [-0.39, 0.29) is 5.84 Å². The molecule has 0 radical (unpaired) electrons. The SMILES string of the molecule is N#CN=C(N)CSc1nc(-c2cccnc2)ccc1C#N. The van der Waals surface area contributed by atoms with Gasteiger partial charge in [-0.05, 0) is 24.3 Å². The minimum atomic E-state index is 0.194. The second-order valence-electron chi connectivity index (χ2n) is 3.89. The molecule has 0 bridgehead atoms. The van der Waals surface area contributed by atoms with Crippen LogP contribution in [0.15, 0.2) is 46.7 Å². The average Bonchev–Trinajstić information content (AvgIpc) is 2.54. The van der Waals surface area contributed by atoms with Crippen molar-refractivity contribution in [1.29, 1.82) is 10.5 Å². The van der Waals surface area contributed by atoms with E-state index in [0.29, 0.717) is 16.3 Å². The van der Waals surface area contributed by atoms with Gasteiger partial charge in [0.25, 0.3) is 0 Å². The number of pyridine rings is 2. The Labute approximate surface area is 126 Å². The smallest absolute Gasteiger partial charge is 0.207 e. The first-order valence-electron chi connectivity index (χ1n) is 5.90. The molecule has 0 aliphatic carbocycles. The second-order valence-corrected chi connectivity index (χ2v) is 4.86. The third kappa shape index (κ3) is 3.78. The Morgan fingerprint density at radius 3 is 2.86 bits per heavy atom. The molecule has 2 N–H and O–H groups in total. The molecule has 2 aromatic rings. The monoisotopic (exact) mass is 294 g/mol. The summed E-state index contributed by atoms with van der Waals surface area (Å²) in [4.78, 5) is 11.9. The Hall–Kier alpha value is -2.90. The fourth-order valence-electron chi connectivity index (χ4n) is 1.55. The number of aromatic nitrogens is 2. The van der Waals surface area contributed by atoms with Crippen LogP contribution in [-0.4, -0.2) is 21.6 Å². The van der Waals surface area contributed by atoms with Gasteiger partial charge >= 0.3 is 0 Å². The minimum absolute atomic E-state index is 0.194. The van der Waals surface area contributed by atoms with Gasteiger partial charge in [-0.3, -0.25) is 4.98 Å². The van der Waals surface area contributed by atoms with E-state index >= 15 is 0 Å². The highest BCUT2D eigenvalue weighted by Gasteiger charge is 2.09. The highest BCUT2D eigenvalue weighted by molar-refractivity contribution is 8.00. The van der Waals surface area contributed by atoms with E-state index in [4.69, 9.17) is 16.3 Å². The largest absolute Gasteiger partial charge is 0.386 e. The number of nitrogens with two attached hydrogens (primary N) is 1. The van der Waals surface area contributed by atoms with Crippen LogP contribution in [0, 0.1) is 22.8 Å². The number of nitriles is 2. The number of aliphatic imine (C=N–C) groups is 1. The van der Waals surface area contributed by atoms with Crippen molar-refractivity contribution < 1.29 is 0 Å². The number of thioether (sulfide) groups is 1. The van der Waals surface area contributed by atoms with Gasteiger partial charge in [0, 0.05) is 18.0 Å². The van der Waals surface area contributed by atoms with Crippen LogP contribution in [0.1, 0.15) is 5.56 Å². The van der Waals surface area contributed by atoms with Crippen LogP contribution < -0.4 is 5.73 Å². The first kappa shape index (κ1) is 14.5. The first-order valence-corrected chi connectivity index (χ1v) is 6.88. The molecule has 21 heavy (non-hydrogen) atoms. The molecule has 2 rings (SSSR count). The lowest BCUT2D eigenvalue weighted by atomic mass is 10.2. The summed E-state index contributed by atoms with van der Waals surface area (Å²) in [6.45, 7) is 0. The zero-order valence-electron chi connectivity index (χ0n) is 10.9. The summed E-state index contributed by atoms with van der Waals surface area (Å²) in [5.74, 6) is 0.492. The lowest BCUT2D eigenvalue weighted by Crippen LogP contribution is -2.14. The molecule has 7 heteroatoms. The van der Waals surface area contributed by atoms with E-state index in [9.17, 15) is 0 Å². The predicted octanol–water partition coefficient (Wildman–Crippen LogP) is 1.95. The number of hydrogen-bond acceptors (Lipinski definition) is 6. The summed E-state index contributed by atoms with van der Waals surface area (Å²) in [7, 11) is 0. The summed E-state index contributed by atoms with van der Waals surface area (Å²) in [5.41, 5.74) is 7.60. The van der Waals surface area contributed by atoms with E-state index in [1.807, 2.05) is 12.1 Å². The van der Waals surface area contributed by atoms with Crippen LogP contribution in [0.3, 0.4) is 0 Å². The molecule has 0 saturated heterocycles. The Balaban J connectivity index is 2.30. The molecule has 0 spiro atoms. The molecule has 0 amide bonds. The summed E-state index contributed by atoms with van der Waals surface area (Å²) >= 11 is 1.27. The highest BCUT2D eigenvalue weighted by Crippen LogP contribution is 2.24. The normalized spacial score (nSPS) is 10.7. The molecule has 0 atom stereocenters. The van der Waals surface area contributed by atoms with E-state index in [0.717, 1.165) is 11.3 Å². The number of rotatable bonds is 4. The molecule has 0 aromatic carbocycles. The van der Waals surface area contributed by atoms with Gasteiger partial charge in [-0.25, -0.2) is 4.98 Å². The predicted molar refractivity (Wildman–Crippen MR) is 80.1 cm³/mol. The minimum Gasteiger partial charge on any atom is -0.386 e. The summed E-state index contributed by atoms with van der Waals surface area (Å²) in [5, 5.41) is 18.1. The van der Waals surface area contributed by atoms with E-state index in [1.54, 1.807) is 30.7 Å². The third-order valence-electron chi connectivity index (χ3n) is 2.49. The molecule has 0 fully saturated rings. The van der Waals surface area contributed by atoms with Crippen molar-refractivity contribution in [2.24, 2.45) is 10.7 Å². The van der Waals surface area contributed by atoms with Crippen LogP contribution in [0.5, 0.6) is 0 Å². The van der Waals surface area contributed by atoms with Gasteiger partial charge in [0.2, 0.25) is 6.19 Å². The maximum Gasteiger partial charge on any atom is 0.207 e. The van der Waals surface area contributed by atoms with Gasteiger partial charge in [-0.15, -0.1) is 0 Å². The molecular formula is C14H10N6S. The van der Waals surface area contributed by atoms with Gasteiger partial charge in [-0.1, -0.05) is 11.8 Å². The molecule has 0 aliphatic rings. The van der Waals surface area contributed by atoms with Crippen LogP contribution in [0.2, 0.25) is 0 Å². The first-order chi connectivity index (χ1) is 10.2. The van der Waals surface area contributed by atoms with E-state index < -0.39 is 0 Å². The standard InChI is InChI=1S/C14H10N6S/c15-6-10-3-4-12(11-2-1-5-18-7-11)20-14(10)21-8-13(17)19-9-16/h1-5,7H,8H2,(H2,17,19). The maximum atomic E-state index is 9.12. The summed E-state index contributed by atoms with van der Waals surface area (Å²) in [6, 6.07) is 9.27. The molecule has 6 nitrogen and oxygen atoms in total. The molecule has 102 valence electrons. The molecule has 0 aliphatic heterocycles. The topological polar surface area (TPSA) is 112 Å². The van der Waals surface area contributed by atoms with Crippen molar-refractivity contribution >= 4 is 17.6 Å². The van der Waals surface area contributed by atoms with Crippen molar-refractivity contribution in [3.8, 4) is 23.5 Å². The molecular weight excluding hydrogens is 284 g/mol. The fourth-order valence-corrected chi connectivity index (χ4v) is 2.33. The fraction of sp³-hybridized carbons (Fsp3) is 0.0714. The van der Waals surface area contributed by atoms with Gasteiger partial charge in [-0.2, -0.15) is 15.5 Å². The van der Waals surface area contributed by atoms with Crippen LogP contribution in [0.25, 0.3) is 11.3 Å². The van der Waals surface area contributed by atoms with Gasteiger partial charge in [0.05, 0.1) is 17.0 Å². The molecule has 0 saturated carbocycles. The lowest BCUT2D eigenvalue weighted by molar-refractivity contribution is 1.11. The Kier molecular flexibility index (Phi) is 4.86. The molecule has 0 unspecified atom stereocenters. The van der Waals surface area contributed by atoms with Crippen molar-refractivity contribution in [2.75, 3.05) is 5.75 Å². The summed E-state index contributed by atoms with van der Waals surface area (Å²) < 4.78 is 0. The van der Waals surface area contributed by atoms with Crippen LogP contribution in [0.4, 0.5) is 0 Å². The number of amidine groups is 1. The lowest BCUT2D eigenvalue weighted by Gasteiger charge is -2.06. The van der Waals surface area contributed by atoms with Crippen molar-refractivity contribution in [1.82, 2.24) is 9.97 Å². The second kappa shape index (κ2) is 7.04. The van der Waals surface area contributed by atoms with Gasteiger partial charge < -0.3 is 5.73 Å². The van der Waals surface area contributed by atoms with Gasteiger partial charge in [0.15, 0.2) is 0 Å². The van der Waals surface area contributed by atoms with Crippen LogP contribution >= 0.6 is 11.8 Å². The zero-order chi connectivity index (χ0) is 15.1. The van der Waals surface area contributed by atoms with Gasteiger partial charge in [0.1, 0.15) is 16.9 Å². The Morgan fingerprint density at radius 1 is 1.33 bits per heavy atom. The van der Waals surface area contributed by atoms with E-state index in [2.05, 4.69) is 21.0 Å². The van der Waals surface area contributed by atoms with Crippen molar-refractivity contribution in [2.45, 2.75) is 5.03 Å². The quantitative estimate of drug-likeness (QED) is 0.399. The summed E-state index contributed by atoms with van der Waals surface area (Å²) in [6.07, 6.45) is 5.01. The number of nitrogens with zero attached hydrogens (tertiary/aromatic N) is 5. The highest BCUT2D eigenvalue weighted by atomic mass is 32.2. The molecule has 2 heterocycles. The number of hydrogen-bond donors (Lipinski definition) is 1. The van der Waals surface area contributed by atoms with Crippen LogP contribution in [-0.2, 0) is 0 Å². The van der Waals surface area contributed by atoms with Crippen molar-refractivity contribution in [3.05, 3.63) is 42.2 Å². The molecule has 2 aromatic heterocycles.